The van der Waals surface area contributed by atoms with Gasteiger partial charge < -0.3 is 10.6 Å². The molecule has 1 aliphatic carbocycles. The first-order chi connectivity index (χ1) is 7.18. The molecule has 0 aromatic carbocycles. The SMILES string of the molecule is CC1CC1CNC(=O)[C@@H]1CCCN[C@@H]1C. The van der Waals surface area contributed by atoms with Crippen molar-refractivity contribution in [2.45, 2.75) is 39.2 Å². The van der Waals surface area contributed by atoms with Gasteiger partial charge in [-0.05, 0) is 44.6 Å². The van der Waals surface area contributed by atoms with Gasteiger partial charge in [-0.1, -0.05) is 6.92 Å². The van der Waals surface area contributed by atoms with Crippen molar-refractivity contribution in [3.05, 3.63) is 0 Å². The second-order valence-electron chi connectivity index (χ2n) is 5.21. The number of rotatable bonds is 3. The molecule has 2 N–H and O–H groups in total. The van der Waals surface area contributed by atoms with Gasteiger partial charge in [0.15, 0.2) is 0 Å². The number of hydrogen-bond acceptors (Lipinski definition) is 2. The Morgan fingerprint density at radius 2 is 2.20 bits per heavy atom. The maximum atomic E-state index is 11.9. The molecule has 0 bridgehead atoms. The first kappa shape index (κ1) is 10.9. The summed E-state index contributed by atoms with van der Waals surface area (Å²) >= 11 is 0. The van der Waals surface area contributed by atoms with Crippen molar-refractivity contribution in [2.75, 3.05) is 13.1 Å². The van der Waals surface area contributed by atoms with Crippen molar-refractivity contribution < 1.29 is 4.79 Å². The molecule has 0 aromatic rings. The highest BCUT2D eigenvalue weighted by molar-refractivity contribution is 5.79. The summed E-state index contributed by atoms with van der Waals surface area (Å²) in [7, 11) is 0. The van der Waals surface area contributed by atoms with Gasteiger partial charge in [0, 0.05) is 12.6 Å². The van der Waals surface area contributed by atoms with E-state index in [1.165, 1.54) is 6.42 Å². The highest BCUT2D eigenvalue weighted by Gasteiger charge is 2.34. The molecule has 4 atom stereocenters. The summed E-state index contributed by atoms with van der Waals surface area (Å²) in [5.74, 6) is 2.02. The second kappa shape index (κ2) is 4.52. The Morgan fingerprint density at radius 3 is 2.80 bits per heavy atom. The molecule has 1 saturated heterocycles. The minimum atomic E-state index is 0.188. The van der Waals surface area contributed by atoms with Gasteiger partial charge in [0.2, 0.25) is 5.91 Å². The summed E-state index contributed by atoms with van der Waals surface area (Å²) in [5, 5.41) is 6.46. The zero-order valence-electron chi connectivity index (χ0n) is 9.75. The minimum Gasteiger partial charge on any atom is -0.356 e. The predicted molar refractivity (Wildman–Crippen MR) is 60.5 cm³/mol. The lowest BCUT2D eigenvalue weighted by Gasteiger charge is -2.28. The third kappa shape index (κ3) is 2.71. The summed E-state index contributed by atoms with van der Waals surface area (Å²) in [5.41, 5.74) is 0. The monoisotopic (exact) mass is 210 g/mol. The number of carbonyl (C=O) groups excluding carboxylic acids is 1. The predicted octanol–water partition coefficient (Wildman–Crippen LogP) is 1.15. The highest BCUT2D eigenvalue weighted by atomic mass is 16.1. The minimum absolute atomic E-state index is 0.188. The number of piperidine rings is 1. The number of hydrogen-bond donors (Lipinski definition) is 2. The van der Waals surface area contributed by atoms with E-state index in [4.69, 9.17) is 0 Å². The fourth-order valence-electron chi connectivity index (χ4n) is 2.45. The van der Waals surface area contributed by atoms with Crippen molar-refractivity contribution in [1.82, 2.24) is 10.6 Å². The second-order valence-corrected chi connectivity index (χ2v) is 5.21. The average molecular weight is 210 g/mol. The number of amides is 1. The van der Waals surface area contributed by atoms with Crippen LogP contribution in [0.5, 0.6) is 0 Å². The van der Waals surface area contributed by atoms with Crippen LogP contribution in [0.25, 0.3) is 0 Å². The quantitative estimate of drug-likeness (QED) is 0.733. The van der Waals surface area contributed by atoms with Crippen LogP contribution in [-0.4, -0.2) is 25.0 Å². The fourth-order valence-corrected chi connectivity index (χ4v) is 2.45. The molecule has 3 heteroatoms. The van der Waals surface area contributed by atoms with Crippen LogP contribution in [-0.2, 0) is 4.79 Å². The maximum absolute atomic E-state index is 11.9. The van der Waals surface area contributed by atoms with Gasteiger partial charge >= 0.3 is 0 Å². The molecule has 3 nitrogen and oxygen atoms in total. The van der Waals surface area contributed by atoms with E-state index in [-0.39, 0.29) is 11.8 Å². The molecule has 2 aliphatic rings. The molecule has 1 saturated carbocycles. The molecule has 0 aromatic heterocycles. The summed E-state index contributed by atoms with van der Waals surface area (Å²) < 4.78 is 0. The largest absolute Gasteiger partial charge is 0.356 e. The van der Waals surface area contributed by atoms with Crippen LogP contribution >= 0.6 is 0 Å². The zero-order chi connectivity index (χ0) is 10.8. The van der Waals surface area contributed by atoms with Crippen LogP contribution in [0.3, 0.4) is 0 Å². The number of carbonyl (C=O) groups is 1. The van der Waals surface area contributed by atoms with Gasteiger partial charge in [-0.2, -0.15) is 0 Å². The van der Waals surface area contributed by atoms with Gasteiger partial charge in [0.1, 0.15) is 0 Å². The van der Waals surface area contributed by atoms with Crippen LogP contribution in [0.15, 0.2) is 0 Å². The summed E-state index contributed by atoms with van der Waals surface area (Å²) in [6.07, 6.45) is 3.46. The van der Waals surface area contributed by atoms with E-state index in [0.29, 0.717) is 6.04 Å². The summed E-state index contributed by atoms with van der Waals surface area (Å²) in [4.78, 5) is 11.9. The van der Waals surface area contributed by atoms with E-state index >= 15 is 0 Å². The molecular formula is C12H22N2O. The summed E-state index contributed by atoms with van der Waals surface area (Å²) in [6, 6.07) is 0.343. The van der Waals surface area contributed by atoms with Crippen molar-refractivity contribution in [3.8, 4) is 0 Å². The smallest absolute Gasteiger partial charge is 0.224 e. The Morgan fingerprint density at radius 1 is 1.47 bits per heavy atom. The van der Waals surface area contributed by atoms with E-state index in [1.54, 1.807) is 0 Å². The lowest BCUT2D eigenvalue weighted by molar-refractivity contribution is -0.126. The van der Waals surface area contributed by atoms with E-state index < -0.39 is 0 Å². The van der Waals surface area contributed by atoms with E-state index in [2.05, 4.69) is 24.5 Å². The Balaban J connectivity index is 1.73. The molecule has 0 radical (unpaired) electrons. The molecule has 0 spiro atoms. The normalized spacial score (nSPS) is 39.9. The third-order valence-corrected chi connectivity index (χ3v) is 3.91. The van der Waals surface area contributed by atoms with Crippen molar-refractivity contribution in [3.63, 3.8) is 0 Å². The average Bonchev–Trinajstić information content (AvgIpc) is 2.92. The molecule has 2 unspecified atom stereocenters. The molecule has 15 heavy (non-hydrogen) atoms. The summed E-state index contributed by atoms with van der Waals surface area (Å²) in [6.45, 7) is 6.32. The van der Waals surface area contributed by atoms with Gasteiger partial charge in [-0.15, -0.1) is 0 Å². The van der Waals surface area contributed by atoms with Crippen molar-refractivity contribution >= 4 is 5.91 Å². The topological polar surface area (TPSA) is 41.1 Å². The number of nitrogens with one attached hydrogen (secondary N) is 2. The van der Waals surface area contributed by atoms with Gasteiger partial charge in [0.05, 0.1) is 5.92 Å². The molecule has 1 heterocycles. The molecule has 1 aliphatic heterocycles. The first-order valence-electron chi connectivity index (χ1n) is 6.19. The maximum Gasteiger partial charge on any atom is 0.224 e. The van der Waals surface area contributed by atoms with E-state index in [1.807, 2.05) is 0 Å². The lowest BCUT2D eigenvalue weighted by atomic mass is 9.91. The van der Waals surface area contributed by atoms with Crippen LogP contribution in [0.4, 0.5) is 0 Å². The fraction of sp³-hybridized carbons (Fsp3) is 0.917. The van der Waals surface area contributed by atoms with Crippen molar-refractivity contribution in [1.29, 1.82) is 0 Å². The van der Waals surface area contributed by atoms with Crippen molar-refractivity contribution in [2.24, 2.45) is 17.8 Å². The van der Waals surface area contributed by atoms with E-state index in [0.717, 1.165) is 37.8 Å². The van der Waals surface area contributed by atoms with Crippen LogP contribution < -0.4 is 10.6 Å². The molecular weight excluding hydrogens is 188 g/mol. The van der Waals surface area contributed by atoms with Crippen LogP contribution in [0.1, 0.15) is 33.1 Å². The van der Waals surface area contributed by atoms with Gasteiger partial charge in [-0.3, -0.25) is 4.79 Å². The Bertz CT molecular complexity index is 242. The molecule has 2 fully saturated rings. The molecule has 2 rings (SSSR count). The standard InChI is InChI=1S/C12H22N2O/c1-8-6-10(8)7-14-12(15)11-4-3-5-13-9(11)2/h8-11,13H,3-7H2,1-2H3,(H,14,15)/t8?,9-,10?,11-/m1/s1. The molecule has 1 amide bonds. The Kier molecular flexibility index (Phi) is 3.29. The Labute approximate surface area is 92.0 Å². The highest BCUT2D eigenvalue weighted by Crippen LogP contribution is 2.36. The van der Waals surface area contributed by atoms with Gasteiger partial charge in [0.25, 0.3) is 0 Å². The zero-order valence-corrected chi connectivity index (χ0v) is 9.75. The Hall–Kier alpha value is -0.570. The van der Waals surface area contributed by atoms with Crippen LogP contribution in [0, 0.1) is 17.8 Å². The lowest BCUT2D eigenvalue weighted by Crippen LogP contribution is -2.47. The third-order valence-electron chi connectivity index (χ3n) is 3.91. The first-order valence-corrected chi connectivity index (χ1v) is 6.19. The van der Waals surface area contributed by atoms with E-state index in [9.17, 15) is 4.79 Å². The van der Waals surface area contributed by atoms with Gasteiger partial charge in [-0.25, -0.2) is 0 Å². The van der Waals surface area contributed by atoms with Crippen LogP contribution in [0.2, 0.25) is 0 Å². The molecule has 86 valence electrons.